The number of rotatable bonds is 10. The van der Waals surface area contributed by atoms with E-state index in [9.17, 15) is 4.79 Å². The summed E-state index contributed by atoms with van der Waals surface area (Å²) in [6, 6.07) is 14.5. The highest BCUT2D eigenvalue weighted by Gasteiger charge is 2.16. The number of nitrogens with zero attached hydrogens (tertiary/aromatic N) is 4. The lowest BCUT2D eigenvalue weighted by molar-refractivity contribution is -0.111. The SMILES string of the molecule is COc1c(NC(=O)/C=C/CN(C)C)ccc2ncnc(Nc3ccc(OCc4ccccn4)c(Cl)c3)c12. The van der Waals surface area contributed by atoms with Gasteiger partial charge in [0, 0.05) is 24.5 Å². The number of nitrogens with one attached hydrogen (secondary N) is 2. The van der Waals surface area contributed by atoms with Gasteiger partial charge in [-0.2, -0.15) is 0 Å². The summed E-state index contributed by atoms with van der Waals surface area (Å²) in [6.07, 6.45) is 6.45. The summed E-state index contributed by atoms with van der Waals surface area (Å²) < 4.78 is 11.5. The largest absolute Gasteiger partial charge is 0.494 e. The topological polar surface area (TPSA) is 102 Å². The van der Waals surface area contributed by atoms with Crippen LogP contribution in [0, 0.1) is 0 Å². The summed E-state index contributed by atoms with van der Waals surface area (Å²) in [5.74, 6) is 1.21. The maximum atomic E-state index is 12.4. The number of halogens is 1. The van der Waals surface area contributed by atoms with Gasteiger partial charge in [-0.15, -0.1) is 0 Å². The first-order chi connectivity index (χ1) is 17.9. The van der Waals surface area contributed by atoms with Crippen LogP contribution in [0.1, 0.15) is 5.69 Å². The van der Waals surface area contributed by atoms with E-state index >= 15 is 0 Å². The normalized spacial score (nSPS) is 11.2. The van der Waals surface area contributed by atoms with E-state index in [0.29, 0.717) is 57.8 Å². The molecule has 1 amide bonds. The summed E-state index contributed by atoms with van der Waals surface area (Å²) >= 11 is 6.48. The third-order valence-electron chi connectivity index (χ3n) is 5.25. The highest BCUT2D eigenvalue weighted by molar-refractivity contribution is 6.32. The van der Waals surface area contributed by atoms with Gasteiger partial charge in [-0.25, -0.2) is 9.97 Å². The van der Waals surface area contributed by atoms with Crippen molar-refractivity contribution in [3.05, 3.63) is 83.9 Å². The highest BCUT2D eigenvalue weighted by Crippen LogP contribution is 2.38. The van der Waals surface area contributed by atoms with Gasteiger partial charge >= 0.3 is 0 Å². The van der Waals surface area contributed by atoms with Crippen molar-refractivity contribution in [3.63, 3.8) is 0 Å². The fraction of sp³-hybridized carbons (Fsp3) is 0.185. The molecule has 0 aliphatic heterocycles. The highest BCUT2D eigenvalue weighted by atomic mass is 35.5. The molecule has 0 saturated heterocycles. The first kappa shape index (κ1) is 25.9. The van der Waals surface area contributed by atoms with E-state index in [2.05, 4.69) is 25.6 Å². The number of fused-ring (bicyclic) bond motifs is 1. The van der Waals surface area contributed by atoms with Crippen LogP contribution in [0.4, 0.5) is 17.2 Å². The molecule has 0 fully saturated rings. The van der Waals surface area contributed by atoms with Crippen molar-refractivity contribution < 1.29 is 14.3 Å². The number of benzene rings is 2. The Morgan fingerprint density at radius 2 is 1.97 bits per heavy atom. The van der Waals surface area contributed by atoms with E-state index in [0.717, 1.165) is 5.69 Å². The Morgan fingerprint density at radius 1 is 1.11 bits per heavy atom. The lowest BCUT2D eigenvalue weighted by atomic mass is 10.1. The molecule has 4 aromatic rings. The maximum absolute atomic E-state index is 12.4. The zero-order chi connectivity index (χ0) is 26.2. The molecule has 0 aliphatic rings. The maximum Gasteiger partial charge on any atom is 0.248 e. The van der Waals surface area contributed by atoms with E-state index in [4.69, 9.17) is 21.1 Å². The number of ether oxygens (including phenoxy) is 2. The molecule has 0 saturated carbocycles. The van der Waals surface area contributed by atoms with Gasteiger partial charge in [0.15, 0.2) is 5.75 Å². The lowest BCUT2D eigenvalue weighted by Crippen LogP contribution is -2.13. The minimum absolute atomic E-state index is 0.265. The molecule has 2 aromatic heterocycles. The summed E-state index contributed by atoms with van der Waals surface area (Å²) in [5.41, 5.74) is 2.65. The van der Waals surface area contributed by atoms with Crippen molar-refractivity contribution in [3.8, 4) is 11.5 Å². The van der Waals surface area contributed by atoms with Gasteiger partial charge in [-0.05, 0) is 56.6 Å². The van der Waals surface area contributed by atoms with Crippen LogP contribution < -0.4 is 20.1 Å². The Balaban J connectivity index is 1.56. The predicted molar refractivity (Wildman–Crippen MR) is 146 cm³/mol. The van der Waals surface area contributed by atoms with Gasteiger partial charge in [0.25, 0.3) is 0 Å². The molecule has 0 aliphatic carbocycles. The number of methoxy groups -OCH3 is 1. The van der Waals surface area contributed by atoms with Crippen LogP contribution in [0.5, 0.6) is 11.5 Å². The van der Waals surface area contributed by atoms with Crippen LogP contribution >= 0.6 is 11.6 Å². The minimum Gasteiger partial charge on any atom is -0.494 e. The van der Waals surface area contributed by atoms with Gasteiger partial charge in [-0.1, -0.05) is 23.7 Å². The van der Waals surface area contributed by atoms with Crippen molar-refractivity contribution in [2.24, 2.45) is 0 Å². The average molecular weight is 519 g/mol. The molecule has 0 spiro atoms. The fourth-order valence-corrected chi connectivity index (χ4v) is 3.77. The Kier molecular flexibility index (Phi) is 8.50. The van der Waals surface area contributed by atoms with Crippen molar-refractivity contribution in [1.82, 2.24) is 19.9 Å². The summed E-state index contributed by atoms with van der Waals surface area (Å²) in [4.78, 5) is 27.4. The second-order valence-corrected chi connectivity index (χ2v) is 8.70. The summed E-state index contributed by atoms with van der Waals surface area (Å²) in [5, 5.41) is 7.19. The minimum atomic E-state index is -0.265. The number of carbonyl (C=O) groups excluding carboxylic acids is 1. The third-order valence-corrected chi connectivity index (χ3v) is 5.55. The third kappa shape index (κ3) is 6.72. The molecular weight excluding hydrogens is 492 g/mol. The zero-order valence-electron chi connectivity index (χ0n) is 20.7. The van der Waals surface area contributed by atoms with Crippen LogP contribution in [0.25, 0.3) is 10.9 Å². The molecule has 0 atom stereocenters. The van der Waals surface area contributed by atoms with Gasteiger partial charge < -0.3 is 25.0 Å². The second kappa shape index (κ2) is 12.2. The zero-order valence-corrected chi connectivity index (χ0v) is 21.5. The van der Waals surface area contributed by atoms with Crippen molar-refractivity contribution in [2.45, 2.75) is 6.61 Å². The number of anilines is 3. The first-order valence-electron chi connectivity index (χ1n) is 11.5. The van der Waals surface area contributed by atoms with Crippen LogP contribution in [0.15, 0.2) is 73.2 Å². The molecule has 2 N–H and O–H groups in total. The van der Waals surface area contributed by atoms with Crippen LogP contribution in [0.3, 0.4) is 0 Å². The van der Waals surface area contributed by atoms with Crippen LogP contribution in [-0.4, -0.2) is 53.5 Å². The molecule has 0 radical (unpaired) electrons. The Hall–Kier alpha value is -4.21. The van der Waals surface area contributed by atoms with Crippen LogP contribution in [-0.2, 0) is 11.4 Å². The quantitative estimate of drug-likeness (QED) is 0.281. The van der Waals surface area contributed by atoms with E-state index in [1.807, 2.05) is 43.3 Å². The molecule has 190 valence electrons. The van der Waals surface area contributed by atoms with E-state index in [-0.39, 0.29) is 5.91 Å². The fourth-order valence-electron chi connectivity index (χ4n) is 3.54. The number of carbonyl (C=O) groups is 1. The van der Waals surface area contributed by atoms with E-state index in [1.54, 1.807) is 36.5 Å². The number of likely N-dealkylation sites (N-methyl/N-ethyl adjacent to an activating group) is 1. The van der Waals surface area contributed by atoms with Gasteiger partial charge in [0.2, 0.25) is 5.91 Å². The Labute approximate surface area is 220 Å². The summed E-state index contributed by atoms with van der Waals surface area (Å²) in [6.45, 7) is 0.958. The smallest absolute Gasteiger partial charge is 0.248 e. The molecule has 37 heavy (non-hydrogen) atoms. The number of hydrogen-bond acceptors (Lipinski definition) is 8. The van der Waals surface area contributed by atoms with E-state index in [1.165, 1.54) is 19.5 Å². The Bertz CT molecular complexity index is 1410. The van der Waals surface area contributed by atoms with Crippen molar-refractivity contribution in [1.29, 1.82) is 0 Å². The molecule has 4 rings (SSSR count). The van der Waals surface area contributed by atoms with Gasteiger partial charge in [-0.3, -0.25) is 9.78 Å². The lowest BCUT2D eigenvalue weighted by Gasteiger charge is -2.15. The van der Waals surface area contributed by atoms with Gasteiger partial charge in [0.1, 0.15) is 24.5 Å². The van der Waals surface area contributed by atoms with Gasteiger partial charge in [0.05, 0.1) is 34.4 Å². The number of aromatic nitrogens is 3. The molecule has 9 nitrogen and oxygen atoms in total. The monoisotopic (exact) mass is 518 g/mol. The molecule has 0 unspecified atom stereocenters. The number of pyridine rings is 1. The van der Waals surface area contributed by atoms with E-state index < -0.39 is 0 Å². The van der Waals surface area contributed by atoms with Crippen molar-refractivity contribution in [2.75, 3.05) is 38.4 Å². The second-order valence-electron chi connectivity index (χ2n) is 8.30. The molecule has 10 heteroatoms. The summed E-state index contributed by atoms with van der Waals surface area (Å²) in [7, 11) is 5.39. The standard InChI is InChI=1S/C27H27ClN6O3/c1-34(2)14-6-8-24(35)33-22-11-10-21-25(26(22)36-3)27(31-17-30-21)32-18-9-12-23(20(28)15-18)37-16-19-7-4-5-13-29-19/h4-13,15,17H,14,16H2,1-3H3,(H,33,35)(H,30,31,32)/b8-6+. The molecule has 2 aromatic carbocycles. The number of hydrogen-bond donors (Lipinski definition) is 2. The van der Waals surface area contributed by atoms with Crippen LogP contribution in [0.2, 0.25) is 5.02 Å². The molecule has 0 bridgehead atoms. The number of amides is 1. The first-order valence-corrected chi connectivity index (χ1v) is 11.9. The van der Waals surface area contributed by atoms with Crippen molar-refractivity contribution >= 4 is 45.6 Å². The molecular formula is C27H27ClN6O3. The Morgan fingerprint density at radius 3 is 2.70 bits per heavy atom. The average Bonchev–Trinajstić information content (AvgIpc) is 2.89. The predicted octanol–water partition coefficient (Wildman–Crippen LogP) is 5.07. The molecule has 2 heterocycles.